The van der Waals surface area contributed by atoms with E-state index in [2.05, 4.69) is 5.32 Å². The van der Waals surface area contributed by atoms with Gasteiger partial charge in [-0.3, -0.25) is 9.59 Å². The Morgan fingerprint density at radius 1 is 1.39 bits per heavy atom. The minimum absolute atomic E-state index is 0.0330. The number of nitrogens with two attached hydrogens (primary N) is 2. The minimum atomic E-state index is -0.515. The Hall–Kier alpha value is -1.59. The Balaban J connectivity index is 2.63. The number of carbonyl (C=O) groups excluding carboxylic acids is 2. The predicted octanol–water partition coefficient (Wildman–Crippen LogP) is 0.792. The lowest BCUT2D eigenvalue weighted by Crippen LogP contribution is -2.30. The molecule has 1 aromatic rings. The van der Waals surface area contributed by atoms with Crippen molar-refractivity contribution in [3.63, 3.8) is 0 Å². The Kier molecular flexibility index (Phi) is 5.12. The van der Waals surface area contributed by atoms with E-state index < -0.39 is 5.91 Å². The zero-order chi connectivity index (χ0) is 13.7. The smallest absolute Gasteiger partial charge is 0.248 e. The van der Waals surface area contributed by atoms with E-state index in [1.165, 1.54) is 6.07 Å². The van der Waals surface area contributed by atoms with Crippen molar-refractivity contribution in [2.75, 3.05) is 0 Å². The normalized spacial score (nSPS) is 12.1. The molecule has 0 fully saturated rings. The van der Waals surface area contributed by atoms with E-state index in [9.17, 15) is 9.59 Å². The summed E-state index contributed by atoms with van der Waals surface area (Å²) in [5.74, 6) is -0.872. The third kappa shape index (κ3) is 4.35. The van der Waals surface area contributed by atoms with E-state index in [4.69, 9.17) is 23.1 Å². The third-order valence-corrected chi connectivity index (χ3v) is 2.84. The van der Waals surface area contributed by atoms with E-state index in [1.807, 2.05) is 6.92 Å². The molecule has 0 bridgehead atoms. The van der Waals surface area contributed by atoms with Crippen LogP contribution in [0.25, 0.3) is 0 Å². The number of primary amides is 2. The lowest BCUT2D eigenvalue weighted by atomic mass is 10.1. The molecule has 6 heteroatoms. The first-order valence-corrected chi connectivity index (χ1v) is 5.88. The lowest BCUT2D eigenvalue weighted by Gasteiger charge is -2.13. The first kappa shape index (κ1) is 14.5. The number of halogens is 1. The van der Waals surface area contributed by atoms with Gasteiger partial charge in [-0.25, -0.2) is 0 Å². The largest absolute Gasteiger partial charge is 0.370 e. The van der Waals surface area contributed by atoms with Crippen molar-refractivity contribution in [3.8, 4) is 0 Å². The predicted molar refractivity (Wildman–Crippen MR) is 70.1 cm³/mol. The average molecular weight is 270 g/mol. The summed E-state index contributed by atoms with van der Waals surface area (Å²) < 4.78 is 0. The van der Waals surface area contributed by atoms with Gasteiger partial charge in [0.1, 0.15) is 0 Å². The zero-order valence-corrected chi connectivity index (χ0v) is 10.8. The molecule has 2 amide bonds. The second-order valence-corrected chi connectivity index (χ2v) is 4.53. The summed E-state index contributed by atoms with van der Waals surface area (Å²) in [6.45, 7) is 2.35. The molecule has 1 atom stereocenters. The molecule has 5 nitrogen and oxygen atoms in total. The highest BCUT2D eigenvalue weighted by molar-refractivity contribution is 6.31. The Morgan fingerprint density at radius 3 is 2.56 bits per heavy atom. The fourth-order valence-electron chi connectivity index (χ4n) is 1.50. The topological polar surface area (TPSA) is 98.2 Å². The van der Waals surface area contributed by atoms with Crippen molar-refractivity contribution >= 4 is 23.4 Å². The van der Waals surface area contributed by atoms with E-state index >= 15 is 0 Å². The van der Waals surface area contributed by atoms with E-state index in [1.54, 1.807) is 12.1 Å². The van der Waals surface area contributed by atoms with Gasteiger partial charge >= 0.3 is 0 Å². The molecule has 5 N–H and O–H groups in total. The lowest BCUT2D eigenvalue weighted by molar-refractivity contribution is -0.118. The molecule has 98 valence electrons. The van der Waals surface area contributed by atoms with Gasteiger partial charge in [-0.2, -0.15) is 0 Å². The molecule has 0 heterocycles. The second-order valence-electron chi connectivity index (χ2n) is 4.12. The summed E-state index contributed by atoms with van der Waals surface area (Å²) in [6, 6.07) is 4.84. The summed E-state index contributed by atoms with van der Waals surface area (Å²) >= 11 is 6.02. The summed E-state index contributed by atoms with van der Waals surface area (Å²) in [4.78, 5) is 21.7. The maximum atomic E-state index is 10.9. The molecule has 0 aliphatic heterocycles. The molecule has 0 saturated heterocycles. The van der Waals surface area contributed by atoms with Crippen molar-refractivity contribution in [3.05, 3.63) is 34.3 Å². The fourth-order valence-corrected chi connectivity index (χ4v) is 1.75. The first-order valence-electron chi connectivity index (χ1n) is 5.50. The average Bonchev–Trinajstić information content (AvgIpc) is 2.26. The van der Waals surface area contributed by atoms with Crippen LogP contribution in [0.4, 0.5) is 0 Å². The van der Waals surface area contributed by atoms with Gasteiger partial charge in [-0.05, 0) is 24.6 Å². The highest BCUT2D eigenvalue weighted by atomic mass is 35.5. The van der Waals surface area contributed by atoms with Crippen molar-refractivity contribution in [1.82, 2.24) is 5.32 Å². The van der Waals surface area contributed by atoms with Crippen LogP contribution >= 0.6 is 11.6 Å². The summed E-state index contributed by atoms with van der Waals surface area (Å²) in [5, 5.41) is 3.58. The number of benzene rings is 1. The molecule has 18 heavy (non-hydrogen) atoms. The third-order valence-electron chi connectivity index (χ3n) is 2.49. The van der Waals surface area contributed by atoms with Gasteiger partial charge in [0.2, 0.25) is 11.8 Å². The van der Waals surface area contributed by atoms with E-state index in [-0.39, 0.29) is 18.4 Å². The number of hydrogen-bond acceptors (Lipinski definition) is 3. The molecule has 0 spiro atoms. The maximum absolute atomic E-state index is 10.9. The zero-order valence-electron chi connectivity index (χ0n) is 10.1. The molecule has 0 radical (unpaired) electrons. The molecule has 1 aromatic carbocycles. The van der Waals surface area contributed by atoms with E-state index in [0.717, 1.165) is 5.56 Å². The van der Waals surface area contributed by atoms with Gasteiger partial charge in [-0.1, -0.05) is 17.7 Å². The van der Waals surface area contributed by atoms with Crippen LogP contribution in [0.1, 0.15) is 29.3 Å². The fraction of sp³-hybridized carbons (Fsp3) is 0.333. The standard InChI is InChI=1S/C12H16ClN3O2/c1-7(4-11(14)17)16-6-9-3-2-8(12(15)18)5-10(9)13/h2-3,5,7,16H,4,6H2,1H3,(H2,14,17)(H2,15,18). The van der Waals surface area contributed by atoms with Gasteiger partial charge in [-0.15, -0.1) is 0 Å². The summed E-state index contributed by atoms with van der Waals surface area (Å²) in [7, 11) is 0. The quantitative estimate of drug-likeness (QED) is 0.712. The number of amides is 2. The van der Waals surface area contributed by atoms with Crippen LogP contribution in [0, 0.1) is 0 Å². The molecule has 1 rings (SSSR count). The van der Waals surface area contributed by atoms with Crippen LogP contribution in [0.15, 0.2) is 18.2 Å². The number of carbonyl (C=O) groups is 2. The Labute approximate surface area is 110 Å². The highest BCUT2D eigenvalue weighted by Crippen LogP contribution is 2.17. The van der Waals surface area contributed by atoms with Crippen molar-refractivity contribution < 1.29 is 9.59 Å². The van der Waals surface area contributed by atoms with Crippen LogP contribution in [-0.4, -0.2) is 17.9 Å². The van der Waals surface area contributed by atoms with Gasteiger partial charge in [0.05, 0.1) is 0 Å². The minimum Gasteiger partial charge on any atom is -0.370 e. The van der Waals surface area contributed by atoms with Gasteiger partial charge in [0.25, 0.3) is 0 Å². The number of nitrogens with one attached hydrogen (secondary N) is 1. The van der Waals surface area contributed by atoms with Gasteiger partial charge < -0.3 is 16.8 Å². The molecule has 0 saturated carbocycles. The molecule has 0 aliphatic carbocycles. The molecule has 1 unspecified atom stereocenters. The second kappa shape index (κ2) is 6.37. The van der Waals surface area contributed by atoms with Crippen LogP contribution in [0.2, 0.25) is 5.02 Å². The maximum Gasteiger partial charge on any atom is 0.248 e. The highest BCUT2D eigenvalue weighted by Gasteiger charge is 2.08. The number of rotatable bonds is 6. The van der Waals surface area contributed by atoms with Crippen molar-refractivity contribution in [1.29, 1.82) is 0 Å². The number of hydrogen-bond donors (Lipinski definition) is 3. The molecule has 0 aromatic heterocycles. The summed E-state index contributed by atoms with van der Waals surface area (Å²) in [6.07, 6.45) is 0.261. The monoisotopic (exact) mass is 269 g/mol. The van der Waals surface area contributed by atoms with Crippen LogP contribution in [0.3, 0.4) is 0 Å². The molecule has 0 aliphatic rings. The Morgan fingerprint density at radius 2 is 2.06 bits per heavy atom. The van der Waals surface area contributed by atoms with E-state index in [0.29, 0.717) is 17.1 Å². The van der Waals surface area contributed by atoms with Crippen LogP contribution in [-0.2, 0) is 11.3 Å². The van der Waals surface area contributed by atoms with Crippen molar-refractivity contribution in [2.45, 2.75) is 25.9 Å². The Bertz CT molecular complexity index is 463. The first-order chi connectivity index (χ1) is 8.40. The SMILES string of the molecule is CC(CC(N)=O)NCc1ccc(C(N)=O)cc1Cl. The van der Waals surface area contributed by atoms with Crippen LogP contribution in [0.5, 0.6) is 0 Å². The van der Waals surface area contributed by atoms with Crippen molar-refractivity contribution in [2.24, 2.45) is 11.5 Å². The molecular weight excluding hydrogens is 254 g/mol. The van der Waals surface area contributed by atoms with Crippen LogP contribution < -0.4 is 16.8 Å². The van der Waals surface area contributed by atoms with Gasteiger partial charge in [0.15, 0.2) is 0 Å². The van der Waals surface area contributed by atoms with Gasteiger partial charge in [0, 0.05) is 29.6 Å². The molecular formula is C12H16ClN3O2. The summed E-state index contributed by atoms with van der Waals surface area (Å²) in [5.41, 5.74) is 11.4.